The fraction of sp³-hybridized carbons (Fsp3) is 0. The van der Waals surface area contributed by atoms with Crippen molar-refractivity contribution in [2.75, 3.05) is 10.6 Å². The van der Waals surface area contributed by atoms with Gasteiger partial charge in [-0.2, -0.15) is 33.7 Å². The smallest absolute Gasteiger partial charge is 0.294 e. The number of anilines is 2. The second kappa shape index (κ2) is 15.7. The van der Waals surface area contributed by atoms with Gasteiger partial charge in [-0.05, 0) is 77.5 Å². The predicted molar refractivity (Wildman–Crippen MR) is 204 cm³/mol. The summed E-state index contributed by atoms with van der Waals surface area (Å²) >= 11 is 5.84. The first-order valence-electron chi connectivity index (χ1n) is 15.3. The summed E-state index contributed by atoms with van der Waals surface area (Å²) in [6.07, 6.45) is 0. The number of fused-ring (bicyclic) bond motifs is 2. The highest BCUT2D eigenvalue weighted by Gasteiger charge is 2.23. The Kier molecular flexibility index (Phi) is 11.7. The average Bonchev–Trinajstić information content (AvgIpc) is 3.10. The lowest BCUT2D eigenvalue weighted by atomic mass is 10.1. The minimum absolute atomic E-state index is 0.0796. The average molecular weight is 881 g/mol. The molecule has 298 valence electrons. The van der Waals surface area contributed by atoms with Gasteiger partial charge < -0.3 is 20.8 Å². The van der Waals surface area contributed by atoms with E-state index in [-0.39, 0.29) is 49.1 Å². The van der Waals surface area contributed by atoms with Crippen LogP contribution in [-0.2, 0) is 40.5 Å². The van der Waals surface area contributed by atoms with E-state index >= 15 is 0 Å². The van der Waals surface area contributed by atoms with Crippen molar-refractivity contribution in [2.24, 2.45) is 0 Å². The molecule has 6 rings (SSSR count). The summed E-state index contributed by atoms with van der Waals surface area (Å²) in [6.45, 7) is 0. The molecular formula is C34H25ClN2O16S4. The minimum Gasteiger partial charge on any atom is -0.507 e. The molecule has 0 aliphatic carbocycles. The number of amides is 2. The van der Waals surface area contributed by atoms with Crippen molar-refractivity contribution < 1.29 is 71.7 Å². The van der Waals surface area contributed by atoms with Crippen LogP contribution in [0.4, 0.5) is 11.4 Å². The third-order valence-electron chi connectivity index (χ3n) is 7.76. The first kappa shape index (κ1) is 42.5. The van der Waals surface area contributed by atoms with Crippen LogP contribution >= 0.6 is 11.6 Å². The number of halogens is 1. The lowest BCUT2D eigenvalue weighted by molar-refractivity contribution is 0.101. The van der Waals surface area contributed by atoms with Gasteiger partial charge in [-0.1, -0.05) is 35.9 Å². The zero-order chi connectivity index (χ0) is 42.2. The molecule has 0 radical (unpaired) electrons. The number of phenols is 2. The van der Waals surface area contributed by atoms with Crippen LogP contribution in [0.3, 0.4) is 0 Å². The quantitative estimate of drug-likeness (QED) is 0.0907. The Morgan fingerprint density at radius 1 is 0.456 bits per heavy atom. The summed E-state index contributed by atoms with van der Waals surface area (Å²) in [5.74, 6) is -2.62. The summed E-state index contributed by atoms with van der Waals surface area (Å²) in [7, 11) is -18.9. The van der Waals surface area contributed by atoms with Gasteiger partial charge in [-0.3, -0.25) is 27.8 Å². The Morgan fingerprint density at radius 2 is 0.807 bits per heavy atom. The number of benzene rings is 6. The predicted octanol–water partition coefficient (Wildman–Crippen LogP) is 5.24. The fourth-order valence-electron chi connectivity index (χ4n) is 5.28. The maximum Gasteiger partial charge on any atom is 0.294 e. The van der Waals surface area contributed by atoms with Gasteiger partial charge in [0.2, 0.25) is 0 Å². The van der Waals surface area contributed by atoms with Crippen LogP contribution in [0.15, 0.2) is 123 Å². The highest BCUT2D eigenvalue weighted by Crippen LogP contribution is 2.38. The summed E-state index contributed by atoms with van der Waals surface area (Å²) in [4.78, 5) is 22.2. The van der Waals surface area contributed by atoms with Crippen LogP contribution in [0, 0.1) is 0 Å². The zero-order valence-electron chi connectivity index (χ0n) is 28.1. The van der Waals surface area contributed by atoms with Crippen LogP contribution < -0.4 is 10.6 Å². The van der Waals surface area contributed by atoms with Crippen molar-refractivity contribution in [3.8, 4) is 11.5 Å². The molecule has 6 aromatic rings. The van der Waals surface area contributed by atoms with E-state index in [2.05, 4.69) is 10.6 Å². The molecule has 6 aromatic carbocycles. The number of phenolic OH excluding ortho intramolecular Hbond substituents is 2. The number of carbonyl (C=O) groups is 2. The number of carbonyl (C=O) groups excluding carboxylic acids is 2. The van der Waals surface area contributed by atoms with E-state index in [1.807, 2.05) is 0 Å². The highest BCUT2D eigenvalue weighted by molar-refractivity contribution is 7.86. The Bertz CT molecular complexity index is 3080. The molecule has 0 aliphatic rings. The van der Waals surface area contributed by atoms with Crippen molar-refractivity contribution in [3.05, 3.63) is 119 Å². The molecule has 0 atom stereocenters. The van der Waals surface area contributed by atoms with E-state index in [1.54, 1.807) is 18.2 Å². The maximum absolute atomic E-state index is 12.5. The largest absolute Gasteiger partial charge is 0.507 e. The van der Waals surface area contributed by atoms with E-state index in [0.29, 0.717) is 0 Å². The standard InChI is InChI=1S/C17H12ClNO8S2.C17H13NO8S2/c18-11-3-1-2-9(4-11)17(21)19-14-7-12(28(22,23)24)5-10-6-13(29(25,26)27)8-15(20)16(10)14;19-15-9-13(28(24,25)26)7-11-6-12(27(21,22)23)8-14(16(11)15)18-17(20)10-4-2-1-3-5-10/h1-8,20H,(H,19,21)(H,22,23,24)(H,25,26,27);1-9,19H,(H,18,20)(H,21,22,23)(H,24,25,26). The van der Waals surface area contributed by atoms with Crippen molar-refractivity contribution >= 4 is 96.8 Å². The monoisotopic (exact) mass is 880 g/mol. The molecule has 0 aromatic heterocycles. The van der Waals surface area contributed by atoms with E-state index in [4.69, 9.17) is 11.6 Å². The lowest BCUT2D eigenvalue weighted by Gasteiger charge is -2.13. The summed E-state index contributed by atoms with van der Waals surface area (Å²) in [6, 6.07) is 20.6. The van der Waals surface area contributed by atoms with E-state index < -0.39 is 83.4 Å². The number of hydrogen-bond acceptors (Lipinski definition) is 12. The van der Waals surface area contributed by atoms with Crippen molar-refractivity contribution in [1.82, 2.24) is 0 Å². The Balaban J connectivity index is 0.000000218. The first-order chi connectivity index (χ1) is 26.3. The Morgan fingerprint density at radius 3 is 1.18 bits per heavy atom. The SMILES string of the molecule is O=C(Nc1cc(S(=O)(=O)O)cc2cc(S(=O)(=O)O)cc(O)c12)c1cccc(Cl)c1.O=C(Nc1cc(S(=O)(=O)O)cc2cc(S(=O)(=O)O)cc(O)c12)c1ccccc1. The van der Waals surface area contributed by atoms with Crippen LogP contribution in [0.1, 0.15) is 20.7 Å². The number of aromatic hydroxyl groups is 2. The molecule has 8 N–H and O–H groups in total. The van der Waals surface area contributed by atoms with E-state index in [9.17, 15) is 71.7 Å². The summed E-state index contributed by atoms with van der Waals surface area (Å²) < 4.78 is 129. The molecule has 2 amide bonds. The van der Waals surface area contributed by atoms with Gasteiger partial charge in [0, 0.05) is 39.1 Å². The van der Waals surface area contributed by atoms with Crippen LogP contribution in [0.25, 0.3) is 21.5 Å². The van der Waals surface area contributed by atoms with Crippen LogP contribution in [0.5, 0.6) is 11.5 Å². The molecule has 57 heavy (non-hydrogen) atoms. The molecule has 0 spiro atoms. The van der Waals surface area contributed by atoms with Crippen molar-refractivity contribution in [2.45, 2.75) is 19.6 Å². The third kappa shape index (κ3) is 10.0. The molecule has 0 saturated heterocycles. The van der Waals surface area contributed by atoms with Gasteiger partial charge in [0.25, 0.3) is 52.3 Å². The van der Waals surface area contributed by atoms with Gasteiger partial charge in [-0.15, -0.1) is 0 Å². The summed E-state index contributed by atoms with van der Waals surface area (Å²) in [5.41, 5.74) is -0.0447. The number of rotatable bonds is 8. The fourth-order valence-corrected chi connectivity index (χ4v) is 7.63. The van der Waals surface area contributed by atoms with Crippen molar-refractivity contribution in [3.63, 3.8) is 0 Å². The van der Waals surface area contributed by atoms with Crippen LogP contribution in [0.2, 0.25) is 5.02 Å². The molecule has 0 aliphatic heterocycles. The molecule has 18 nitrogen and oxygen atoms in total. The highest BCUT2D eigenvalue weighted by atomic mass is 35.5. The normalized spacial score (nSPS) is 12.1. The minimum atomic E-state index is -4.75. The first-order valence-corrected chi connectivity index (χ1v) is 21.4. The molecule has 0 fully saturated rings. The molecular weight excluding hydrogens is 856 g/mol. The van der Waals surface area contributed by atoms with Gasteiger partial charge in [0.1, 0.15) is 11.5 Å². The van der Waals surface area contributed by atoms with Gasteiger partial charge in [-0.25, -0.2) is 0 Å². The number of nitrogens with one attached hydrogen (secondary N) is 2. The van der Waals surface area contributed by atoms with Crippen LogP contribution in [-0.4, -0.2) is 73.9 Å². The molecule has 0 heterocycles. The Hall–Kier alpha value is -5.69. The topological polar surface area (TPSA) is 316 Å². The Labute approximate surface area is 328 Å². The second-order valence-electron chi connectivity index (χ2n) is 11.7. The van der Waals surface area contributed by atoms with E-state index in [0.717, 1.165) is 48.5 Å². The lowest BCUT2D eigenvalue weighted by Crippen LogP contribution is -2.13. The molecule has 23 heteroatoms. The molecule has 0 unspecified atom stereocenters. The maximum atomic E-state index is 12.5. The third-order valence-corrected chi connectivity index (χ3v) is 11.3. The van der Waals surface area contributed by atoms with Gasteiger partial charge in [0.05, 0.1) is 31.0 Å². The molecule has 0 saturated carbocycles. The number of hydrogen-bond donors (Lipinski definition) is 8. The zero-order valence-corrected chi connectivity index (χ0v) is 32.1. The van der Waals surface area contributed by atoms with Gasteiger partial charge >= 0.3 is 0 Å². The summed E-state index contributed by atoms with van der Waals surface area (Å²) in [5, 5.41) is 25.1. The molecule has 0 bridgehead atoms. The van der Waals surface area contributed by atoms with Gasteiger partial charge in [0.15, 0.2) is 0 Å². The second-order valence-corrected chi connectivity index (χ2v) is 17.8. The van der Waals surface area contributed by atoms with Crippen molar-refractivity contribution in [1.29, 1.82) is 0 Å². The van der Waals surface area contributed by atoms with E-state index in [1.165, 1.54) is 36.4 Å².